The molecule has 2 heterocycles. The van der Waals surface area contributed by atoms with Crippen molar-refractivity contribution in [3.05, 3.63) is 0 Å². The first-order valence-corrected chi connectivity index (χ1v) is 4.22. The Kier molecular flexibility index (Phi) is 1.88. The van der Waals surface area contributed by atoms with Crippen LogP contribution in [-0.4, -0.2) is 36.0 Å². The lowest BCUT2D eigenvalue weighted by Gasteiger charge is -2.26. The molecule has 0 amide bonds. The molecule has 0 aliphatic carbocycles. The SMILES string of the molecule is CC1(C)OC2C[C@H](O)OC[C@H]2O1. The smallest absolute Gasteiger partial charge is 0.163 e. The Bertz CT molecular complexity index is 180. The third-order valence-electron chi connectivity index (χ3n) is 2.17. The second-order valence-electron chi connectivity index (χ2n) is 3.74. The minimum atomic E-state index is -0.691. The summed E-state index contributed by atoms with van der Waals surface area (Å²) in [5.41, 5.74) is 0. The predicted octanol–water partition coefficient (Wildman–Crippen LogP) is 0.245. The van der Waals surface area contributed by atoms with Gasteiger partial charge in [-0.15, -0.1) is 0 Å². The highest BCUT2D eigenvalue weighted by atomic mass is 16.8. The number of fused-ring (bicyclic) bond motifs is 1. The van der Waals surface area contributed by atoms with Crippen LogP contribution in [0.5, 0.6) is 0 Å². The summed E-state index contributed by atoms with van der Waals surface area (Å²) < 4.78 is 16.1. The maximum Gasteiger partial charge on any atom is 0.163 e. The summed E-state index contributed by atoms with van der Waals surface area (Å²) in [5, 5.41) is 9.17. The van der Waals surface area contributed by atoms with Crippen LogP contribution in [0.3, 0.4) is 0 Å². The highest BCUT2D eigenvalue weighted by Crippen LogP contribution is 2.33. The number of hydrogen-bond acceptors (Lipinski definition) is 4. The monoisotopic (exact) mass is 174 g/mol. The zero-order chi connectivity index (χ0) is 8.77. The van der Waals surface area contributed by atoms with Crippen LogP contribution in [0.4, 0.5) is 0 Å². The van der Waals surface area contributed by atoms with Crippen LogP contribution in [0.2, 0.25) is 0 Å². The largest absolute Gasteiger partial charge is 0.368 e. The topological polar surface area (TPSA) is 47.9 Å². The van der Waals surface area contributed by atoms with Crippen LogP contribution < -0.4 is 0 Å². The number of aliphatic hydroxyl groups excluding tert-OH is 1. The zero-order valence-corrected chi connectivity index (χ0v) is 7.32. The van der Waals surface area contributed by atoms with Crippen LogP contribution in [0.25, 0.3) is 0 Å². The second kappa shape index (κ2) is 2.67. The minimum Gasteiger partial charge on any atom is -0.368 e. The Labute approximate surface area is 71.4 Å². The molecule has 0 aromatic carbocycles. The third-order valence-corrected chi connectivity index (χ3v) is 2.17. The van der Waals surface area contributed by atoms with Gasteiger partial charge in [0.05, 0.1) is 12.7 Å². The van der Waals surface area contributed by atoms with E-state index in [1.54, 1.807) is 0 Å². The van der Waals surface area contributed by atoms with Crippen LogP contribution in [0, 0.1) is 0 Å². The van der Waals surface area contributed by atoms with Gasteiger partial charge in [-0.05, 0) is 13.8 Å². The summed E-state index contributed by atoms with van der Waals surface area (Å²) in [5.74, 6) is -0.525. The van der Waals surface area contributed by atoms with E-state index in [-0.39, 0.29) is 12.2 Å². The number of aliphatic hydroxyl groups is 1. The molecule has 1 unspecified atom stereocenters. The van der Waals surface area contributed by atoms with E-state index in [9.17, 15) is 0 Å². The summed E-state index contributed by atoms with van der Waals surface area (Å²) in [6.07, 6.45) is -0.204. The quantitative estimate of drug-likeness (QED) is 0.571. The average Bonchev–Trinajstić information content (AvgIpc) is 2.21. The van der Waals surface area contributed by atoms with E-state index in [0.29, 0.717) is 13.0 Å². The van der Waals surface area contributed by atoms with Crippen molar-refractivity contribution >= 4 is 0 Å². The highest BCUT2D eigenvalue weighted by Gasteiger charge is 2.44. The summed E-state index contributed by atoms with van der Waals surface area (Å²) >= 11 is 0. The lowest BCUT2D eigenvalue weighted by molar-refractivity contribution is -0.167. The fourth-order valence-electron chi connectivity index (χ4n) is 1.72. The minimum absolute atomic E-state index is 0.0104. The summed E-state index contributed by atoms with van der Waals surface area (Å²) in [6.45, 7) is 4.17. The molecule has 2 saturated heterocycles. The first-order valence-electron chi connectivity index (χ1n) is 4.22. The molecule has 2 fully saturated rings. The van der Waals surface area contributed by atoms with Crippen molar-refractivity contribution in [2.45, 2.75) is 44.6 Å². The molecule has 0 aromatic rings. The van der Waals surface area contributed by atoms with Crippen molar-refractivity contribution < 1.29 is 19.3 Å². The summed E-state index contributed by atoms with van der Waals surface area (Å²) in [4.78, 5) is 0. The second-order valence-corrected chi connectivity index (χ2v) is 3.74. The van der Waals surface area contributed by atoms with E-state index in [1.165, 1.54) is 0 Å². The molecular weight excluding hydrogens is 160 g/mol. The molecule has 2 aliphatic heterocycles. The van der Waals surface area contributed by atoms with Crippen molar-refractivity contribution in [3.63, 3.8) is 0 Å². The fourth-order valence-corrected chi connectivity index (χ4v) is 1.72. The van der Waals surface area contributed by atoms with E-state index in [1.807, 2.05) is 13.8 Å². The summed E-state index contributed by atoms with van der Waals surface area (Å²) in [7, 11) is 0. The van der Waals surface area contributed by atoms with E-state index >= 15 is 0 Å². The maximum absolute atomic E-state index is 9.17. The number of rotatable bonds is 0. The standard InChI is InChI=1S/C8H14O4/c1-8(2)11-5-3-7(9)10-4-6(5)12-8/h5-7,9H,3-4H2,1-2H3/t5?,6-,7-/m1/s1. The molecule has 2 aliphatic rings. The molecule has 0 radical (unpaired) electrons. The molecular formula is C8H14O4. The van der Waals surface area contributed by atoms with Gasteiger partial charge in [-0.1, -0.05) is 0 Å². The van der Waals surface area contributed by atoms with Gasteiger partial charge in [0.2, 0.25) is 0 Å². The zero-order valence-electron chi connectivity index (χ0n) is 7.32. The fraction of sp³-hybridized carbons (Fsp3) is 1.00. The van der Waals surface area contributed by atoms with Crippen molar-refractivity contribution in [2.75, 3.05) is 6.61 Å². The van der Waals surface area contributed by atoms with Crippen LogP contribution in [0.15, 0.2) is 0 Å². The molecule has 12 heavy (non-hydrogen) atoms. The van der Waals surface area contributed by atoms with Crippen LogP contribution >= 0.6 is 0 Å². The Morgan fingerprint density at radius 1 is 1.25 bits per heavy atom. The molecule has 4 heteroatoms. The van der Waals surface area contributed by atoms with Gasteiger partial charge in [-0.25, -0.2) is 0 Å². The predicted molar refractivity (Wildman–Crippen MR) is 40.4 cm³/mol. The molecule has 0 spiro atoms. The van der Waals surface area contributed by atoms with Gasteiger partial charge < -0.3 is 19.3 Å². The Morgan fingerprint density at radius 3 is 2.67 bits per heavy atom. The van der Waals surface area contributed by atoms with Crippen molar-refractivity contribution in [3.8, 4) is 0 Å². The first-order chi connectivity index (χ1) is 5.57. The molecule has 4 nitrogen and oxygen atoms in total. The van der Waals surface area contributed by atoms with Crippen molar-refractivity contribution in [2.24, 2.45) is 0 Å². The molecule has 0 saturated carbocycles. The summed E-state index contributed by atoms with van der Waals surface area (Å²) in [6, 6.07) is 0. The van der Waals surface area contributed by atoms with E-state index in [2.05, 4.69) is 0 Å². The lowest BCUT2D eigenvalue weighted by atomic mass is 10.1. The highest BCUT2D eigenvalue weighted by molar-refractivity contribution is 4.84. The van der Waals surface area contributed by atoms with Gasteiger partial charge in [0.1, 0.15) is 6.10 Å². The lowest BCUT2D eigenvalue weighted by Crippen LogP contribution is -2.39. The molecule has 0 bridgehead atoms. The van der Waals surface area contributed by atoms with Gasteiger partial charge >= 0.3 is 0 Å². The third kappa shape index (κ3) is 1.47. The van der Waals surface area contributed by atoms with Crippen LogP contribution in [0.1, 0.15) is 20.3 Å². The maximum atomic E-state index is 9.17. The average molecular weight is 174 g/mol. The van der Waals surface area contributed by atoms with Crippen molar-refractivity contribution in [1.29, 1.82) is 0 Å². The molecule has 70 valence electrons. The molecule has 0 aromatic heterocycles. The molecule has 1 N–H and O–H groups in total. The van der Waals surface area contributed by atoms with Gasteiger partial charge in [0.25, 0.3) is 0 Å². The van der Waals surface area contributed by atoms with E-state index in [4.69, 9.17) is 19.3 Å². The van der Waals surface area contributed by atoms with E-state index < -0.39 is 12.1 Å². The van der Waals surface area contributed by atoms with Crippen molar-refractivity contribution in [1.82, 2.24) is 0 Å². The van der Waals surface area contributed by atoms with Gasteiger partial charge in [0.15, 0.2) is 12.1 Å². The Morgan fingerprint density at radius 2 is 1.92 bits per heavy atom. The normalized spacial score (nSPS) is 45.8. The molecule has 3 atom stereocenters. The van der Waals surface area contributed by atoms with Gasteiger partial charge in [-0.2, -0.15) is 0 Å². The van der Waals surface area contributed by atoms with Crippen LogP contribution in [-0.2, 0) is 14.2 Å². The number of hydrogen-bond donors (Lipinski definition) is 1. The van der Waals surface area contributed by atoms with Gasteiger partial charge in [-0.3, -0.25) is 0 Å². The first kappa shape index (κ1) is 8.44. The Hall–Kier alpha value is -0.160. The Balaban J connectivity index is 2.02. The number of ether oxygens (including phenoxy) is 3. The van der Waals surface area contributed by atoms with E-state index in [0.717, 1.165) is 0 Å². The molecule has 2 rings (SSSR count). The van der Waals surface area contributed by atoms with Gasteiger partial charge in [0, 0.05) is 6.42 Å².